The smallest absolute Gasteiger partial charge is 0.270 e. The lowest BCUT2D eigenvalue weighted by Gasteiger charge is -2.33. The summed E-state index contributed by atoms with van der Waals surface area (Å²) in [6.07, 6.45) is 0.193. The van der Waals surface area contributed by atoms with Gasteiger partial charge in [0.1, 0.15) is 0 Å². The Hall–Kier alpha value is -1.95. The van der Waals surface area contributed by atoms with E-state index < -0.39 is 20.5 Å². The fourth-order valence-electron chi connectivity index (χ4n) is 3.07. The summed E-state index contributed by atoms with van der Waals surface area (Å²) in [6, 6.07) is 8.92. The first kappa shape index (κ1) is 15.0. The second kappa shape index (κ2) is 4.78. The topological polar surface area (TPSA) is 66.8 Å². The lowest BCUT2D eigenvalue weighted by molar-refractivity contribution is -0.118. The van der Waals surface area contributed by atoms with Gasteiger partial charge in [0, 0.05) is 6.42 Å². The number of carbonyl (C=O) groups is 1. The Morgan fingerprint density at radius 3 is 2.36 bits per heavy atom. The molecule has 3 rings (SSSR count). The molecule has 0 bridgehead atoms. The lowest BCUT2D eigenvalue weighted by Crippen LogP contribution is -2.55. The Morgan fingerprint density at radius 2 is 1.73 bits per heavy atom. The van der Waals surface area contributed by atoms with E-state index in [1.165, 1.54) is 5.01 Å². The third kappa shape index (κ3) is 1.86. The van der Waals surface area contributed by atoms with Gasteiger partial charge in [-0.2, -0.15) is 10.1 Å². The maximum absolute atomic E-state index is 13.0. The van der Waals surface area contributed by atoms with E-state index in [0.29, 0.717) is 11.4 Å². The van der Waals surface area contributed by atoms with Crippen molar-refractivity contribution in [3.8, 4) is 0 Å². The van der Waals surface area contributed by atoms with Crippen molar-refractivity contribution in [2.75, 3.05) is 10.8 Å². The normalized spacial score (nSPS) is 27.5. The number of sulfone groups is 1. The van der Waals surface area contributed by atoms with E-state index in [9.17, 15) is 13.2 Å². The number of carbonyl (C=O) groups excluding carboxylic acids is 1. The van der Waals surface area contributed by atoms with Gasteiger partial charge in [0.2, 0.25) is 0 Å². The summed E-state index contributed by atoms with van der Waals surface area (Å²) in [4.78, 5) is 13.0. The van der Waals surface area contributed by atoms with Crippen molar-refractivity contribution >= 4 is 27.1 Å². The van der Waals surface area contributed by atoms with Crippen LogP contribution in [0.5, 0.6) is 0 Å². The van der Waals surface area contributed by atoms with Crippen LogP contribution in [0.15, 0.2) is 46.6 Å². The molecule has 1 spiro atoms. The Kier molecular flexibility index (Phi) is 3.25. The molecule has 0 fully saturated rings. The van der Waals surface area contributed by atoms with E-state index in [0.717, 1.165) is 11.1 Å². The van der Waals surface area contributed by atoms with Crippen molar-refractivity contribution < 1.29 is 13.2 Å². The molecule has 2 aliphatic rings. The SMILES string of the molecule is CC1=NN(c2ccccc2)C(=O)[C@]12CC(C)=C(C)CS2(=O)=O. The molecule has 0 saturated heterocycles. The van der Waals surface area contributed by atoms with Gasteiger partial charge >= 0.3 is 0 Å². The van der Waals surface area contributed by atoms with Crippen LogP contribution in [0.4, 0.5) is 5.69 Å². The van der Waals surface area contributed by atoms with Crippen LogP contribution in [0, 0.1) is 0 Å². The first-order chi connectivity index (χ1) is 10.3. The molecule has 6 heteroatoms. The molecule has 0 unspecified atom stereocenters. The second-order valence-corrected chi connectivity index (χ2v) is 8.18. The Balaban J connectivity index is 2.14. The van der Waals surface area contributed by atoms with Crippen LogP contribution in [0.2, 0.25) is 0 Å². The third-order valence-electron chi connectivity index (χ3n) is 4.55. The molecule has 116 valence electrons. The molecule has 0 saturated carbocycles. The third-order valence-corrected chi connectivity index (χ3v) is 7.04. The summed E-state index contributed by atoms with van der Waals surface area (Å²) in [7, 11) is -3.62. The van der Waals surface area contributed by atoms with Gasteiger partial charge in [-0.3, -0.25) is 4.79 Å². The van der Waals surface area contributed by atoms with Crippen molar-refractivity contribution in [3.05, 3.63) is 41.5 Å². The van der Waals surface area contributed by atoms with Crippen LogP contribution in [-0.4, -0.2) is 30.5 Å². The molecule has 2 heterocycles. The highest BCUT2D eigenvalue weighted by Gasteiger charge is 2.60. The monoisotopic (exact) mass is 318 g/mol. The quantitative estimate of drug-likeness (QED) is 0.746. The minimum Gasteiger partial charge on any atom is -0.270 e. The standard InChI is InChI=1S/C16H18N2O3S/c1-11-9-16(22(20,21)10-12(11)2)13(3)17-18(15(16)19)14-7-5-4-6-8-14/h4-8H,9-10H2,1-3H3/t16-/m0/s1. The molecule has 0 aromatic heterocycles. The van der Waals surface area contributed by atoms with Gasteiger partial charge in [-0.05, 0) is 32.9 Å². The summed E-state index contributed by atoms with van der Waals surface area (Å²) < 4.78 is 24.1. The zero-order valence-electron chi connectivity index (χ0n) is 12.8. The van der Waals surface area contributed by atoms with Crippen molar-refractivity contribution in [2.45, 2.75) is 31.9 Å². The number of hydrogen-bond acceptors (Lipinski definition) is 4. The van der Waals surface area contributed by atoms with E-state index in [-0.39, 0.29) is 12.2 Å². The van der Waals surface area contributed by atoms with E-state index in [2.05, 4.69) is 5.10 Å². The van der Waals surface area contributed by atoms with Crippen molar-refractivity contribution in [2.24, 2.45) is 5.10 Å². The largest absolute Gasteiger partial charge is 0.275 e. The van der Waals surface area contributed by atoms with Gasteiger partial charge in [0.05, 0.1) is 17.2 Å². The van der Waals surface area contributed by atoms with Gasteiger partial charge in [-0.1, -0.05) is 29.3 Å². The average Bonchev–Trinajstić information content (AvgIpc) is 2.72. The van der Waals surface area contributed by atoms with Crippen molar-refractivity contribution in [3.63, 3.8) is 0 Å². The number of para-hydroxylation sites is 1. The predicted molar refractivity (Wildman–Crippen MR) is 86.5 cm³/mol. The molecule has 1 atom stereocenters. The van der Waals surface area contributed by atoms with E-state index in [1.807, 2.05) is 13.0 Å². The molecule has 22 heavy (non-hydrogen) atoms. The van der Waals surface area contributed by atoms with E-state index >= 15 is 0 Å². The minimum absolute atomic E-state index is 0.0833. The zero-order valence-corrected chi connectivity index (χ0v) is 13.6. The minimum atomic E-state index is -3.62. The zero-order chi connectivity index (χ0) is 16.1. The average molecular weight is 318 g/mol. The molecular weight excluding hydrogens is 300 g/mol. The summed E-state index contributed by atoms with van der Waals surface area (Å²) in [5.41, 5.74) is 2.72. The highest BCUT2D eigenvalue weighted by atomic mass is 32.2. The molecule has 1 aromatic rings. The molecule has 0 N–H and O–H groups in total. The summed E-state index contributed by atoms with van der Waals surface area (Å²) in [6.45, 7) is 5.32. The number of rotatable bonds is 1. The molecular formula is C16H18N2O3S. The van der Waals surface area contributed by atoms with Gasteiger partial charge in [-0.25, -0.2) is 8.42 Å². The van der Waals surface area contributed by atoms with Gasteiger partial charge in [0.25, 0.3) is 5.91 Å². The van der Waals surface area contributed by atoms with Crippen LogP contribution in [-0.2, 0) is 14.6 Å². The number of nitrogens with zero attached hydrogens (tertiary/aromatic N) is 2. The molecule has 0 aliphatic carbocycles. The van der Waals surface area contributed by atoms with Gasteiger partial charge < -0.3 is 0 Å². The van der Waals surface area contributed by atoms with Crippen molar-refractivity contribution in [1.29, 1.82) is 0 Å². The number of amides is 1. The molecule has 2 aliphatic heterocycles. The number of hydrogen-bond donors (Lipinski definition) is 0. The van der Waals surface area contributed by atoms with Crippen LogP contribution >= 0.6 is 0 Å². The summed E-state index contributed by atoms with van der Waals surface area (Å²) in [5.74, 6) is -0.553. The maximum atomic E-state index is 13.0. The second-order valence-electron chi connectivity index (χ2n) is 5.96. The summed E-state index contributed by atoms with van der Waals surface area (Å²) in [5, 5.41) is 5.49. The van der Waals surface area contributed by atoms with E-state index in [4.69, 9.17) is 0 Å². The maximum Gasteiger partial charge on any atom is 0.275 e. The van der Waals surface area contributed by atoms with Crippen LogP contribution in [0.25, 0.3) is 0 Å². The number of allylic oxidation sites excluding steroid dienone is 1. The molecule has 5 nitrogen and oxygen atoms in total. The fourth-order valence-corrected chi connectivity index (χ4v) is 5.42. The van der Waals surface area contributed by atoms with E-state index in [1.54, 1.807) is 38.1 Å². The Labute approximate surface area is 130 Å². The highest BCUT2D eigenvalue weighted by molar-refractivity contribution is 7.94. The Bertz CT molecular complexity index is 809. The number of benzene rings is 1. The van der Waals surface area contributed by atoms with Crippen LogP contribution in [0.3, 0.4) is 0 Å². The number of hydrazone groups is 1. The van der Waals surface area contributed by atoms with Crippen LogP contribution in [0.1, 0.15) is 27.2 Å². The number of anilines is 1. The van der Waals surface area contributed by atoms with Gasteiger partial charge in [0.15, 0.2) is 14.6 Å². The highest BCUT2D eigenvalue weighted by Crippen LogP contribution is 2.41. The molecule has 1 aromatic carbocycles. The van der Waals surface area contributed by atoms with Gasteiger partial charge in [-0.15, -0.1) is 0 Å². The van der Waals surface area contributed by atoms with Crippen molar-refractivity contribution in [1.82, 2.24) is 0 Å². The summed E-state index contributed by atoms with van der Waals surface area (Å²) >= 11 is 0. The molecule has 1 amide bonds. The van der Waals surface area contributed by atoms with Crippen LogP contribution < -0.4 is 5.01 Å². The first-order valence-corrected chi connectivity index (χ1v) is 8.77. The molecule has 0 radical (unpaired) electrons. The predicted octanol–water partition coefficient (Wildman–Crippen LogP) is 2.30. The first-order valence-electron chi connectivity index (χ1n) is 7.12. The Morgan fingerprint density at radius 1 is 1.09 bits per heavy atom. The lowest BCUT2D eigenvalue weighted by atomic mass is 9.92. The fraction of sp³-hybridized carbons (Fsp3) is 0.375.